The van der Waals surface area contributed by atoms with Gasteiger partial charge in [-0.05, 0) is 48.9 Å². The molecule has 3 aromatic carbocycles. The molecule has 0 amide bonds. The van der Waals surface area contributed by atoms with Crippen LogP contribution in [0.1, 0.15) is 18.5 Å². The van der Waals surface area contributed by atoms with Gasteiger partial charge in [0.2, 0.25) is 10.0 Å². The molecule has 0 spiro atoms. The number of rotatable bonds is 6. The molecule has 4 nitrogen and oxygen atoms in total. The summed E-state index contributed by atoms with van der Waals surface area (Å²) in [4.78, 5) is 0.204. The summed E-state index contributed by atoms with van der Waals surface area (Å²) in [6, 6.07) is 24.9. The van der Waals surface area contributed by atoms with Crippen LogP contribution in [0.15, 0.2) is 89.8 Å². The number of para-hydroxylation sites is 1. The van der Waals surface area contributed by atoms with Gasteiger partial charge in [-0.25, -0.2) is 13.1 Å². The van der Waals surface area contributed by atoms with E-state index in [-0.39, 0.29) is 10.9 Å². The molecule has 0 radical (unpaired) electrons. The Labute approximate surface area is 148 Å². The number of hydrogen-bond donors (Lipinski definition) is 1. The first-order valence-electron chi connectivity index (χ1n) is 7.95. The van der Waals surface area contributed by atoms with Gasteiger partial charge in [-0.15, -0.1) is 0 Å². The van der Waals surface area contributed by atoms with Crippen molar-refractivity contribution >= 4 is 10.0 Å². The van der Waals surface area contributed by atoms with Crippen molar-refractivity contribution in [3.63, 3.8) is 0 Å². The van der Waals surface area contributed by atoms with Crippen LogP contribution in [0.5, 0.6) is 11.5 Å². The van der Waals surface area contributed by atoms with Gasteiger partial charge in [0.15, 0.2) is 0 Å². The van der Waals surface area contributed by atoms with E-state index in [2.05, 4.69) is 4.72 Å². The Bertz CT molecular complexity index is 908. The molecule has 128 valence electrons. The smallest absolute Gasteiger partial charge is 0.241 e. The minimum absolute atomic E-state index is 0.204. The first kappa shape index (κ1) is 17.2. The molecule has 0 bridgehead atoms. The topological polar surface area (TPSA) is 55.4 Å². The van der Waals surface area contributed by atoms with Crippen LogP contribution in [-0.4, -0.2) is 8.42 Å². The highest BCUT2D eigenvalue weighted by Crippen LogP contribution is 2.23. The molecule has 25 heavy (non-hydrogen) atoms. The van der Waals surface area contributed by atoms with Gasteiger partial charge in [-0.3, -0.25) is 0 Å². The van der Waals surface area contributed by atoms with E-state index in [1.807, 2.05) is 67.6 Å². The number of benzene rings is 3. The molecular weight excluding hydrogens is 334 g/mol. The van der Waals surface area contributed by atoms with E-state index >= 15 is 0 Å². The Balaban J connectivity index is 1.72. The molecule has 0 aliphatic rings. The Hall–Kier alpha value is -2.63. The second-order valence-corrected chi connectivity index (χ2v) is 7.35. The number of ether oxygens (including phenoxy) is 1. The summed E-state index contributed by atoms with van der Waals surface area (Å²) >= 11 is 0. The average molecular weight is 353 g/mol. The molecular formula is C20H19NO3S. The van der Waals surface area contributed by atoms with Gasteiger partial charge in [0, 0.05) is 6.04 Å². The molecule has 0 aromatic heterocycles. The van der Waals surface area contributed by atoms with Crippen molar-refractivity contribution in [1.82, 2.24) is 4.72 Å². The molecule has 0 heterocycles. The second-order valence-electron chi connectivity index (χ2n) is 5.64. The van der Waals surface area contributed by atoms with E-state index in [1.54, 1.807) is 24.3 Å². The first-order chi connectivity index (χ1) is 12.0. The number of hydrogen-bond acceptors (Lipinski definition) is 3. The first-order valence-corrected chi connectivity index (χ1v) is 9.43. The summed E-state index contributed by atoms with van der Waals surface area (Å²) in [5.74, 6) is 1.29. The second kappa shape index (κ2) is 7.51. The third-order valence-corrected chi connectivity index (χ3v) is 5.30. The van der Waals surface area contributed by atoms with Crippen LogP contribution in [0.4, 0.5) is 0 Å². The summed E-state index contributed by atoms with van der Waals surface area (Å²) in [5.41, 5.74) is 0.912. The van der Waals surface area contributed by atoms with Crippen molar-refractivity contribution in [3.05, 3.63) is 90.5 Å². The van der Waals surface area contributed by atoms with Crippen LogP contribution < -0.4 is 9.46 Å². The van der Waals surface area contributed by atoms with Crippen molar-refractivity contribution in [3.8, 4) is 11.5 Å². The standard InChI is InChI=1S/C20H19NO3S/c1-16(17-8-4-2-5-9-17)21-25(22,23)20-14-12-19(13-15-20)24-18-10-6-3-7-11-18/h2-16,21H,1H3/t16-/m1/s1. The summed E-state index contributed by atoms with van der Waals surface area (Å²) < 4.78 is 33.4. The molecule has 0 aliphatic carbocycles. The van der Waals surface area contributed by atoms with E-state index < -0.39 is 10.0 Å². The molecule has 0 unspecified atom stereocenters. The predicted octanol–water partition coefficient (Wildman–Crippen LogP) is 4.52. The summed E-state index contributed by atoms with van der Waals surface area (Å²) in [6.07, 6.45) is 0. The maximum Gasteiger partial charge on any atom is 0.241 e. The Morgan fingerprint density at radius 3 is 1.88 bits per heavy atom. The lowest BCUT2D eigenvalue weighted by Crippen LogP contribution is -2.26. The monoisotopic (exact) mass is 353 g/mol. The average Bonchev–Trinajstić information content (AvgIpc) is 2.63. The third kappa shape index (κ3) is 4.47. The van der Waals surface area contributed by atoms with E-state index in [4.69, 9.17) is 4.74 Å². The Morgan fingerprint density at radius 2 is 1.28 bits per heavy atom. The lowest BCUT2D eigenvalue weighted by Gasteiger charge is -2.15. The van der Waals surface area contributed by atoms with Crippen LogP contribution in [0, 0.1) is 0 Å². The zero-order valence-electron chi connectivity index (χ0n) is 13.8. The summed E-state index contributed by atoms with van der Waals surface area (Å²) in [6.45, 7) is 1.82. The highest BCUT2D eigenvalue weighted by molar-refractivity contribution is 7.89. The van der Waals surface area contributed by atoms with Crippen LogP contribution in [0.2, 0.25) is 0 Å². The van der Waals surface area contributed by atoms with Gasteiger partial charge in [-0.2, -0.15) is 0 Å². The molecule has 0 saturated carbocycles. The van der Waals surface area contributed by atoms with Crippen molar-refractivity contribution in [1.29, 1.82) is 0 Å². The molecule has 1 atom stereocenters. The van der Waals surface area contributed by atoms with E-state index in [0.717, 1.165) is 5.56 Å². The van der Waals surface area contributed by atoms with Crippen molar-refractivity contribution in [2.24, 2.45) is 0 Å². The molecule has 3 rings (SSSR count). The van der Waals surface area contributed by atoms with Crippen molar-refractivity contribution in [2.45, 2.75) is 17.9 Å². The quantitative estimate of drug-likeness (QED) is 0.709. The third-order valence-electron chi connectivity index (χ3n) is 3.74. The van der Waals surface area contributed by atoms with Gasteiger partial charge in [-0.1, -0.05) is 48.5 Å². The SMILES string of the molecule is C[C@@H](NS(=O)(=O)c1ccc(Oc2ccccc2)cc1)c1ccccc1. The maximum atomic E-state index is 12.5. The Morgan fingerprint density at radius 1 is 0.760 bits per heavy atom. The minimum Gasteiger partial charge on any atom is -0.457 e. The van der Waals surface area contributed by atoms with E-state index in [0.29, 0.717) is 11.5 Å². The van der Waals surface area contributed by atoms with Gasteiger partial charge < -0.3 is 4.74 Å². The van der Waals surface area contributed by atoms with Crippen LogP contribution in [-0.2, 0) is 10.0 Å². The van der Waals surface area contributed by atoms with Crippen LogP contribution in [0.25, 0.3) is 0 Å². The largest absolute Gasteiger partial charge is 0.457 e. The predicted molar refractivity (Wildman–Crippen MR) is 98.1 cm³/mol. The van der Waals surface area contributed by atoms with Crippen molar-refractivity contribution in [2.75, 3.05) is 0 Å². The molecule has 3 aromatic rings. The van der Waals surface area contributed by atoms with Crippen LogP contribution in [0.3, 0.4) is 0 Å². The summed E-state index contributed by atoms with van der Waals surface area (Å²) in [7, 11) is -3.60. The molecule has 0 fully saturated rings. The van der Waals surface area contributed by atoms with Gasteiger partial charge in [0.25, 0.3) is 0 Å². The maximum absolute atomic E-state index is 12.5. The van der Waals surface area contributed by atoms with Crippen molar-refractivity contribution < 1.29 is 13.2 Å². The van der Waals surface area contributed by atoms with Gasteiger partial charge >= 0.3 is 0 Å². The zero-order chi connectivity index (χ0) is 17.7. The zero-order valence-corrected chi connectivity index (χ0v) is 14.6. The molecule has 5 heteroatoms. The van der Waals surface area contributed by atoms with Crippen LogP contribution >= 0.6 is 0 Å². The Kier molecular flexibility index (Phi) is 5.16. The number of sulfonamides is 1. The summed E-state index contributed by atoms with van der Waals surface area (Å²) in [5, 5.41) is 0. The highest BCUT2D eigenvalue weighted by atomic mass is 32.2. The van der Waals surface area contributed by atoms with E-state index in [9.17, 15) is 8.42 Å². The highest BCUT2D eigenvalue weighted by Gasteiger charge is 2.18. The molecule has 0 aliphatic heterocycles. The normalized spacial score (nSPS) is 12.5. The fraction of sp³-hybridized carbons (Fsp3) is 0.100. The number of nitrogens with one attached hydrogen (secondary N) is 1. The van der Waals surface area contributed by atoms with Gasteiger partial charge in [0.1, 0.15) is 11.5 Å². The fourth-order valence-electron chi connectivity index (χ4n) is 2.42. The molecule has 0 saturated heterocycles. The lowest BCUT2D eigenvalue weighted by molar-refractivity contribution is 0.482. The fourth-order valence-corrected chi connectivity index (χ4v) is 3.65. The van der Waals surface area contributed by atoms with E-state index in [1.165, 1.54) is 0 Å². The minimum atomic E-state index is -3.60. The molecule has 1 N–H and O–H groups in total. The lowest BCUT2D eigenvalue weighted by atomic mass is 10.1. The van der Waals surface area contributed by atoms with Gasteiger partial charge in [0.05, 0.1) is 4.90 Å².